The van der Waals surface area contributed by atoms with E-state index in [0.29, 0.717) is 30.6 Å². The van der Waals surface area contributed by atoms with Gasteiger partial charge in [0.15, 0.2) is 0 Å². The predicted octanol–water partition coefficient (Wildman–Crippen LogP) is 5.97. The highest BCUT2D eigenvalue weighted by molar-refractivity contribution is 7.10. The lowest BCUT2D eigenvalue weighted by atomic mass is 10.00. The zero-order chi connectivity index (χ0) is 24.1. The summed E-state index contributed by atoms with van der Waals surface area (Å²) >= 11 is 7.74. The fraction of sp³-hybridized carbons (Fsp3) is 0.556. The van der Waals surface area contributed by atoms with E-state index in [1.165, 1.54) is 4.88 Å². The molecule has 2 heterocycles. The minimum absolute atomic E-state index is 0.0104. The Labute approximate surface area is 212 Å². The average Bonchev–Trinajstić information content (AvgIpc) is 3.54. The first-order valence-corrected chi connectivity index (χ1v) is 13.7. The molecular formula is C27H35ClN2O3S. The smallest absolute Gasteiger partial charge is 0.242 e. The molecular weight excluding hydrogens is 468 g/mol. The number of thiophene rings is 1. The Hall–Kier alpha value is -2.05. The van der Waals surface area contributed by atoms with Crippen LogP contribution in [0.4, 0.5) is 0 Å². The quantitative estimate of drug-likeness (QED) is 0.424. The van der Waals surface area contributed by atoms with Gasteiger partial charge in [0.1, 0.15) is 12.4 Å². The number of rotatable bonds is 9. The lowest BCUT2D eigenvalue weighted by Crippen LogP contribution is -2.49. The number of amides is 2. The van der Waals surface area contributed by atoms with Crippen LogP contribution in [-0.2, 0) is 16.0 Å². The molecule has 0 bridgehead atoms. The molecule has 1 saturated carbocycles. The first-order valence-electron chi connectivity index (χ1n) is 12.5. The highest BCUT2D eigenvalue weighted by Crippen LogP contribution is 2.34. The fourth-order valence-corrected chi connectivity index (χ4v) is 6.06. The van der Waals surface area contributed by atoms with Crippen molar-refractivity contribution in [2.45, 2.75) is 58.4 Å². The normalized spacial score (nSPS) is 19.0. The largest absolute Gasteiger partial charge is 0.491 e. The lowest BCUT2D eigenvalue weighted by Gasteiger charge is -2.37. The summed E-state index contributed by atoms with van der Waals surface area (Å²) in [5.74, 6) is 1.34. The van der Waals surface area contributed by atoms with Crippen molar-refractivity contribution in [3.8, 4) is 5.75 Å². The van der Waals surface area contributed by atoms with E-state index in [1.54, 1.807) is 23.5 Å². The third-order valence-electron chi connectivity index (χ3n) is 7.21. The molecule has 184 valence electrons. The van der Waals surface area contributed by atoms with Crippen LogP contribution in [0.5, 0.6) is 5.75 Å². The Balaban J connectivity index is 1.49. The number of ether oxygens (including phenoxy) is 1. The summed E-state index contributed by atoms with van der Waals surface area (Å²) in [4.78, 5) is 32.1. The van der Waals surface area contributed by atoms with Crippen molar-refractivity contribution in [2.24, 2.45) is 11.8 Å². The van der Waals surface area contributed by atoms with Crippen molar-refractivity contribution in [3.63, 3.8) is 0 Å². The molecule has 0 N–H and O–H groups in total. The molecule has 1 aliphatic heterocycles. The lowest BCUT2D eigenvalue weighted by molar-refractivity contribution is -0.145. The van der Waals surface area contributed by atoms with Gasteiger partial charge in [-0.1, -0.05) is 44.7 Å². The third-order valence-corrected chi connectivity index (χ3v) is 8.46. The van der Waals surface area contributed by atoms with Crippen LogP contribution >= 0.6 is 22.9 Å². The number of hydrogen-bond acceptors (Lipinski definition) is 4. The van der Waals surface area contributed by atoms with Crippen molar-refractivity contribution in [2.75, 3.05) is 26.2 Å². The molecule has 5 nitrogen and oxygen atoms in total. The molecule has 0 unspecified atom stereocenters. The summed E-state index contributed by atoms with van der Waals surface area (Å²) in [6, 6.07) is 9.25. The summed E-state index contributed by atoms with van der Waals surface area (Å²) in [7, 11) is 0. The summed E-state index contributed by atoms with van der Waals surface area (Å²) < 4.78 is 6.09. The molecule has 1 aromatic carbocycles. The summed E-state index contributed by atoms with van der Waals surface area (Å²) in [5.41, 5.74) is 1.16. The molecule has 34 heavy (non-hydrogen) atoms. The number of carbonyl (C=O) groups excluding carboxylic acids is 2. The summed E-state index contributed by atoms with van der Waals surface area (Å²) in [6.07, 6.45) is 5.95. The number of benzene rings is 1. The van der Waals surface area contributed by atoms with E-state index in [2.05, 4.69) is 25.3 Å². The SMILES string of the molecule is CC[C@@H](C)CN(CC(=O)N1CCc2sccc2[C@H]1COc1ccc(Cl)cc1)C(=O)C1CCCC1. The molecule has 0 saturated heterocycles. The van der Waals surface area contributed by atoms with Gasteiger partial charge < -0.3 is 14.5 Å². The van der Waals surface area contributed by atoms with E-state index in [-0.39, 0.29) is 30.3 Å². The van der Waals surface area contributed by atoms with Crippen LogP contribution in [-0.4, -0.2) is 47.9 Å². The number of fused-ring (bicyclic) bond motifs is 1. The molecule has 1 aromatic heterocycles. The first-order chi connectivity index (χ1) is 16.5. The monoisotopic (exact) mass is 502 g/mol. The van der Waals surface area contributed by atoms with Gasteiger partial charge >= 0.3 is 0 Å². The van der Waals surface area contributed by atoms with Crippen LogP contribution in [0.3, 0.4) is 0 Å². The molecule has 2 aliphatic rings. The van der Waals surface area contributed by atoms with E-state index in [1.807, 2.05) is 21.9 Å². The average molecular weight is 503 g/mol. The van der Waals surface area contributed by atoms with E-state index in [9.17, 15) is 9.59 Å². The molecule has 0 radical (unpaired) electrons. The Morgan fingerprint density at radius 2 is 1.94 bits per heavy atom. The maximum absolute atomic E-state index is 13.7. The second-order valence-electron chi connectivity index (χ2n) is 9.63. The van der Waals surface area contributed by atoms with Gasteiger partial charge in [0.2, 0.25) is 11.8 Å². The second kappa shape index (κ2) is 11.6. The van der Waals surface area contributed by atoms with Crippen molar-refractivity contribution < 1.29 is 14.3 Å². The molecule has 2 aromatic rings. The first kappa shape index (κ1) is 25.1. The van der Waals surface area contributed by atoms with Crippen LogP contribution in [0, 0.1) is 11.8 Å². The van der Waals surface area contributed by atoms with E-state index < -0.39 is 0 Å². The van der Waals surface area contributed by atoms with Crippen LogP contribution in [0.1, 0.15) is 62.4 Å². The van der Waals surface area contributed by atoms with Gasteiger partial charge in [-0.3, -0.25) is 9.59 Å². The van der Waals surface area contributed by atoms with Crippen molar-refractivity contribution in [1.82, 2.24) is 9.80 Å². The highest BCUT2D eigenvalue weighted by atomic mass is 35.5. The van der Waals surface area contributed by atoms with Crippen molar-refractivity contribution in [1.29, 1.82) is 0 Å². The van der Waals surface area contributed by atoms with Gasteiger partial charge in [0.25, 0.3) is 0 Å². The minimum atomic E-state index is -0.162. The minimum Gasteiger partial charge on any atom is -0.491 e. The molecule has 1 aliphatic carbocycles. The molecule has 2 amide bonds. The van der Waals surface area contributed by atoms with Crippen LogP contribution in [0.25, 0.3) is 0 Å². The molecule has 0 spiro atoms. The Morgan fingerprint density at radius 3 is 2.65 bits per heavy atom. The highest BCUT2D eigenvalue weighted by Gasteiger charge is 2.35. The standard InChI is InChI=1S/C27H35ClN2O3S/c1-3-19(2)16-29(27(32)20-6-4-5-7-20)17-26(31)30-14-12-25-23(13-15-34-25)24(30)18-33-22-10-8-21(28)9-11-22/h8-11,13,15,19-20,24H,3-7,12,14,16-18H2,1-2H3/t19-,24-/m1/s1. The van der Waals surface area contributed by atoms with Gasteiger partial charge in [0.05, 0.1) is 12.6 Å². The fourth-order valence-electron chi connectivity index (χ4n) is 5.00. The number of carbonyl (C=O) groups is 2. The molecule has 2 atom stereocenters. The predicted molar refractivity (Wildman–Crippen MR) is 137 cm³/mol. The van der Waals surface area contributed by atoms with Crippen molar-refractivity contribution >= 4 is 34.8 Å². The topological polar surface area (TPSA) is 49.9 Å². The summed E-state index contributed by atoms with van der Waals surface area (Å²) in [5, 5.41) is 2.75. The van der Waals surface area contributed by atoms with Crippen molar-refractivity contribution in [3.05, 3.63) is 51.2 Å². The Kier molecular flexibility index (Phi) is 8.54. The Morgan fingerprint density at radius 1 is 1.21 bits per heavy atom. The zero-order valence-electron chi connectivity index (χ0n) is 20.2. The third kappa shape index (κ3) is 5.95. The molecule has 1 fully saturated rings. The van der Waals surface area contributed by atoms with E-state index >= 15 is 0 Å². The summed E-state index contributed by atoms with van der Waals surface area (Å²) in [6.45, 7) is 6.10. The zero-order valence-corrected chi connectivity index (χ0v) is 21.7. The molecule has 7 heteroatoms. The van der Waals surface area contributed by atoms with Crippen LogP contribution in [0.2, 0.25) is 5.02 Å². The number of nitrogens with zero attached hydrogens (tertiary/aromatic N) is 2. The number of hydrogen-bond donors (Lipinski definition) is 0. The van der Waals surface area contributed by atoms with E-state index in [4.69, 9.17) is 16.3 Å². The Bertz CT molecular complexity index is 971. The van der Waals surface area contributed by atoms with Crippen LogP contribution < -0.4 is 4.74 Å². The van der Waals surface area contributed by atoms with Gasteiger partial charge in [-0.2, -0.15) is 0 Å². The van der Waals surface area contributed by atoms with Gasteiger partial charge in [-0.05, 0) is 66.5 Å². The van der Waals surface area contributed by atoms with Gasteiger partial charge in [-0.15, -0.1) is 11.3 Å². The maximum atomic E-state index is 13.7. The van der Waals surface area contributed by atoms with Crippen LogP contribution in [0.15, 0.2) is 35.7 Å². The molecule has 4 rings (SSSR count). The van der Waals surface area contributed by atoms with Gasteiger partial charge in [0, 0.05) is 28.9 Å². The van der Waals surface area contributed by atoms with Gasteiger partial charge in [-0.25, -0.2) is 0 Å². The second-order valence-corrected chi connectivity index (χ2v) is 11.1. The van der Waals surface area contributed by atoms with E-state index in [0.717, 1.165) is 49.8 Å². The number of halogens is 1. The maximum Gasteiger partial charge on any atom is 0.242 e.